The van der Waals surface area contributed by atoms with Crippen molar-refractivity contribution in [2.24, 2.45) is 0 Å². The maximum absolute atomic E-state index is 12.1. The molecule has 15 heteroatoms. The largest absolute Gasteiger partial charge is 0.464 e. The van der Waals surface area contributed by atoms with Crippen LogP contribution in [0.15, 0.2) is 131 Å². The van der Waals surface area contributed by atoms with E-state index in [0.717, 1.165) is 31.4 Å². The average molecular weight is 903 g/mol. The maximum Gasteiger partial charge on any atom is 0.359 e. The number of esters is 2. The highest BCUT2D eigenvalue weighted by molar-refractivity contribution is 14.1. The van der Waals surface area contributed by atoms with Crippen LogP contribution < -0.4 is 0 Å². The van der Waals surface area contributed by atoms with Crippen molar-refractivity contribution in [2.75, 3.05) is 14.2 Å². The molecule has 0 bridgehead atoms. The number of carbonyl (C=O) groups is 2. The molecule has 296 valence electrons. The zero-order chi connectivity index (χ0) is 42.2. The van der Waals surface area contributed by atoms with E-state index in [9.17, 15) is 19.8 Å². The highest BCUT2D eigenvalue weighted by Gasteiger charge is 2.26. The van der Waals surface area contributed by atoms with Crippen LogP contribution in [-0.4, -0.2) is 65.9 Å². The smallest absolute Gasteiger partial charge is 0.359 e. The van der Waals surface area contributed by atoms with E-state index in [4.69, 9.17) is 24.7 Å². The van der Waals surface area contributed by atoms with Crippen molar-refractivity contribution in [3.8, 4) is 35.6 Å². The minimum absolute atomic E-state index is 0.127. The van der Waals surface area contributed by atoms with Gasteiger partial charge in [-0.1, -0.05) is 66.3 Å². The number of methoxy groups -OCH3 is 2. The van der Waals surface area contributed by atoms with Crippen molar-refractivity contribution in [3.63, 3.8) is 0 Å². The van der Waals surface area contributed by atoms with Gasteiger partial charge in [-0.15, -0.1) is 6.42 Å². The summed E-state index contributed by atoms with van der Waals surface area (Å²) in [5.74, 6) is 7.20. The first kappa shape index (κ1) is 41.6. The van der Waals surface area contributed by atoms with Gasteiger partial charge in [-0.25, -0.2) is 28.9 Å². The van der Waals surface area contributed by atoms with Crippen molar-refractivity contribution < 1.29 is 38.1 Å². The number of halogens is 1. The Hall–Kier alpha value is -7.05. The van der Waals surface area contributed by atoms with E-state index >= 15 is 0 Å². The van der Waals surface area contributed by atoms with Crippen LogP contribution in [0.1, 0.15) is 52.2 Å². The molecule has 0 amide bonds. The monoisotopic (exact) mass is 902 g/mol. The quantitative estimate of drug-likeness (QED) is 0.0994. The van der Waals surface area contributed by atoms with Gasteiger partial charge in [0.15, 0.2) is 22.6 Å². The van der Waals surface area contributed by atoms with E-state index in [1.165, 1.54) is 53.0 Å². The molecule has 8 rings (SSSR count). The molecule has 0 aliphatic rings. The van der Waals surface area contributed by atoms with E-state index < -0.39 is 23.1 Å². The minimum atomic E-state index is -1.52. The highest BCUT2D eigenvalue weighted by Crippen LogP contribution is 2.25. The number of hydrogen-bond donors (Lipinski definition) is 2. The molecule has 8 aromatic rings. The normalized spacial score (nSPS) is 12.6. The van der Waals surface area contributed by atoms with Gasteiger partial charge in [0.05, 0.1) is 49.0 Å². The van der Waals surface area contributed by atoms with Crippen LogP contribution in [-0.2, 0) is 20.7 Å². The third-order valence-corrected chi connectivity index (χ3v) is 9.18. The molecular formula is C44H35IN6O8. The molecule has 2 N–H and O–H groups in total. The van der Waals surface area contributed by atoms with Crippen LogP contribution in [0.5, 0.6) is 0 Å². The Bertz CT molecular complexity index is 2840. The van der Waals surface area contributed by atoms with Crippen molar-refractivity contribution >= 4 is 56.3 Å². The van der Waals surface area contributed by atoms with E-state index in [-0.39, 0.29) is 17.5 Å². The predicted molar refractivity (Wildman–Crippen MR) is 225 cm³/mol. The van der Waals surface area contributed by atoms with Crippen LogP contribution in [0.2, 0.25) is 0 Å². The molecule has 2 unspecified atom stereocenters. The summed E-state index contributed by atoms with van der Waals surface area (Å²) < 4.78 is 24.1. The zero-order valence-corrected chi connectivity index (χ0v) is 34.2. The Morgan fingerprint density at radius 3 is 1.68 bits per heavy atom. The van der Waals surface area contributed by atoms with Crippen LogP contribution in [0.4, 0.5) is 0 Å². The number of terminal acetylenes is 1. The first-order chi connectivity index (χ1) is 28.4. The molecule has 0 saturated carbocycles. The molecule has 0 aliphatic carbocycles. The molecule has 0 fully saturated rings. The summed E-state index contributed by atoms with van der Waals surface area (Å²) >= 11 is 2.25. The number of aliphatic hydroxyl groups is 2. The highest BCUT2D eigenvalue weighted by atomic mass is 127. The van der Waals surface area contributed by atoms with Gasteiger partial charge in [-0.05, 0) is 85.0 Å². The van der Waals surface area contributed by atoms with Gasteiger partial charge in [0.1, 0.15) is 12.5 Å². The van der Waals surface area contributed by atoms with Crippen LogP contribution in [0.25, 0.3) is 33.2 Å². The van der Waals surface area contributed by atoms with Gasteiger partial charge in [-0.3, -0.25) is 0 Å². The number of ether oxygens (including phenoxy) is 2. The number of oxazole rings is 2. The number of fused-ring (bicyclic) bond motifs is 2. The van der Waals surface area contributed by atoms with Crippen molar-refractivity contribution in [1.29, 1.82) is 0 Å². The molecule has 4 aromatic carbocycles. The molecule has 14 nitrogen and oxygen atoms in total. The lowest BCUT2D eigenvalue weighted by Crippen LogP contribution is -2.18. The summed E-state index contributed by atoms with van der Waals surface area (Å²) in [5, 5.41) is 30.1. The lowest BCUT2D eigenvalue weighted by molar-refractivity contribution is 0.0587. The Morgan fingerprint density at radius 1 is 0.712 bits per heavy atom. The predicted octanol–water partition coefficient (Wildman–Crippen LogP) is 6.99. The number of aromatic nitrogens is 6. The third kappa shape index (κ3) is 9.40. The van der Waals surface area contributed by atoms with Gasteiger partial charge in [0.25, 0.3) is 0 Å². The van der Waals surface area contributed by atoms with E-state index in [0.29, 0.717) is 16.6 Å². The van der Waals surface area contributed by atoms with Crippen LogP contribution in [0, 0.1) is 27.8 Å². The van der Waals surface area contributed by atoms with Gasteiger partial charge in [-0.2, -0.15) is 10.2 Å². The van der Waals surface area contributed by atoms with Crippen molar-refractivity contribution in [3.05, 3.63) is 154 Å². The maximum atomic E-state index is 12.1. The summed E-state index contributed by atoms with van der Waals surface area (Å²) in [4.78, 5) is 31.6. The van der Waals surface area contributed by atoms with Gasteiger partial charge < -0.3 is 28.5 Å². The second-order valence-corrected chi connectivity index (χ2v) is 14.0. The summed E-state index contributed by atoms with van der Waals surface area (Å²) in [5.41, 5.74) is 1.63. The number of nitrogens with zero attached hydrogens (tertiary/aromatic N) is 6. The number of carbonyl (C=O) groups excluding carboxylic acids is 2. The third-order valence-electron chi connectivity index (χ3n) is 8.50. The summed E-state index contributed by atoms with van der Waals surface area (Å²) in [6.45, 7) is 2.96. The molecule has 4 aromatic heterocycles. The summed E-state index contributed by atoms with van der Waals surface area (Å²) in [6, 6.07) is 30.3. The number of hydrogen-bond acceptors (Lipinski definition) is 12. The molecule has 59 heavy (non-hydrogen) atoms. The fourth-order valence-electron chi connectivity index (χ4n) is 5.58. The summed E-state index contributed by atoms with van der Waals surface area (Å²) in [6.07, 6.45) is 10.6. The van der Waals surface area contributed by atoms with E-state index in [2.05, 4.69) is 60.5 Å². The molecule has 0 saturated heterocycles. The fourth-order valence-corrected chi connectivity index (χ4v) is 6.11. The molecular weight excluding hydrogens is 867 g/mol. The fraction of sp³-hybridized carbons (Fsp3) is 0.136. The molecule has 0 aliphatic heterocycles. The van der Waals surface area contributed by atoms with E-state index in [1.54, 1.807) is 9.36 Å². The van der Waals surface area contributed by atoms with Crippen LogP contribution in [0.3, 0.4) is 0 Å². The topological polar surface area (TPSA) is 181 Å². The minimum Gasteiger partial charge on any atom is -0.464 e. The first-order valence-electron chi connectivity index (χ1n) is 17.6. The first-order valence-corrected chi connectivity index (χ1v) is 18.7. The van der Waals surface area contributed by atoms with Gasteiger partial charge in [0, 0.05) is 19.9 Å². The van der Waals surface area contributed by atoms with Crippen LogP contribution >= 0.6 is 22.6 Å². The number of benzene rings is 4. The standard InChI is InChI=1S/C22H17N3O4.C15H11IN2O2.C7H7NO2/c1-22(27,21-23-12-13-29-21)11-10-15-6-5-7-16(14-15)25-18-9-4-3-8-17(18)19(24-25)20(26)28-2;1-20-15(19)14-12-7-2-3-8-13(12)18(17-14)11-6-4-5-10(16)9-11;1-3-7(2,9)6-8-4-5-10-6/h3-9,12-14,27H,1-2H3;2-9H,1H3;1,4-5,9H,2H3. The molecule has 2 atom stereocenters. The Morgan fingerprint density at radius 2 is 1.20 bits per heavy atom. The van der Waals surface area contributed by atoms with Crippen molar-refractivity contribution in [2.45, 2.75) is 25.0 Å². The SMILES string of the molecule is C#CC(C)(O)c1ncco1.COC(=O)c1nn(-c2cccc(C#CC(C)(O)c3ncco3)c2)c2ccccc12.COC(=O)c1nn(-c2cccc(I)c2)c2ccccc12. The Balaban J connectivity index is 0.000000168. The Labute approximate surface area is 351 Å². The zero-order valence-electron chi connectivity index (χ0n) is 32.0. The van der Waals surface area contributed by atoms with Gasteiger partial charge in [0.2, 0.25) is 11.8 Å². The van der Waals surface area contributed by atoms with E-state index in [1.807, 2.05) is 97.1 Å². The second-order valence-electron chi connectivity index (χ2n) is 12.8. The van der Waals surface area contributed by atoms with Gasteiger partial charge >= 0.3 is 11.9 Å². The number of para-hydroxylation sites is 2. The molecule has 0 spiro atoms. The average Bonchev–Trinajstić information content (AvgIpc) is 4.10. The van der Waals surface area contributed by atoms with Crippen molar-refractivity contribution in [1.82, 2.24) is 29.5 Å². The molecule has 4 heterocycles. The number of rotatable bonds is 6. The summed E-state index contributed by atoms with van der Waals surface area (Å²) in [7, 11) is 2.69. The lowest BCUT2D eigenvalue weighted by Gasteiger charge is -2.10. The Kier molecular flexibility index (Phi) is 12.7. The molecule has 0 radical (unpaired) electrons. The lowest BCUT2D eigenvalue weighted by atomic mass is 10.1. The second kappa shape index (κ2) is 18.0.